The van der Waals surface area contributed by atoms with Gasteiger partial charge < -0.3 is 19.1 Å². The monoisotopic (exact) mass is 605 g/mol. The molecule has 0 spiro atoms. The van der Waals surface area contributed by atoms with Crippen LogP contribution in [0.2, 0.25) is 0 Å². The average Bonchev–Trinajstić information content (AvgIpc) is 3.37. The molecule has 0 atom stereocenters. The van der Waals surface area contributed by atoms with E-state index < -0.39 is 17.3 Å². The maximum Gasteiger partial charge on any atom is 2.00 e. The van der Waals surface area contributed by atoms with Gasteiger partial charge in [0.05, 0.1) is 11.6 Å². The van der Waals surface area contributed by atoms with Crippen LogP contribution in [-0.2, 0) is 32.7 Å². The van der Waals surface area contributed by atoms with Gasteiger partial charge in [-0.05, 0) is 26.0 Å². The number of rotatable bonds is 4. The number of pyridine rings is 2. The molecule has 0 bridgehead atoms. The third kappa shape index (κ3) is 4.61. The van der Waals surface area contributed by atoms with Gasteiger partial charge in [0.2, 0.25) is 0 Å². The Bertz CT molecular complexity index is 1200. The second-order valence-electron chi connectivity index (χ2n) is 7.33. The van der Waals surface area contributed by atoms with Crippen molar-refractivity contribution in [3.8, 4) is 11.6 Å². The summed E-state index contributed by atoms with van der Waals surface area (Å²) in [6.07, 6.45) is 3.36. The first-order valence-corrected chi connectivity index (χ1v) is 9.08. The molecule has 0 saturated carbocycles. The molecule has 0 amide bonds. The summed E-state index contributed by atoms with van der Waals surface area (Å²) in [5, 5.41) is 0. The van der Waals surface area contributed by atoms with Crippen LogP contribution in [0.1, 0.15) is 36.6 Å². The van der Waals surface area contributed by atoms with Crippen LogP contribution in [0.5, 0.6) is 0 Å². The Balaban J connectivity index is 0.00000272. The van der Waals surface area contributed by atoms with Gasteiger partial charge in [-0.3, -0.25) is 9.97 Å². The van der Waals surface area contributed by atoms with Crippen LogP contribution in [0.15, 0.2) is 48.8 Å². The van der Waals surface area contributed by atoms with Crippen molar-refractivity contribution in [1.29, 1.82) is 0 Å². The normalized spacial score (nSPS) is 11.9. The molecule has 0 N–H and O–H groups in total. The van der Waals surface area contributed by atoms with Gasteiger partial charge in [-0.25, -0.2) is 0 Å². The molecule has 4 heterocycles. The molecule has 4 aromatic rings. The molecule has 10 heteroatoms. The van der Waals surface area contributed by atoms with Gasteiger partial charge in [0.15, 0.2) is 0 Å². The van der Waals surface area contributed by atoms with Crippen molar-refractivity contribution in [2.45, 2.75) is 32.4 Å². The van der Waals surface area contributed by atoms with Crippen LogP contribution in [0.3, 0.4) is 0 Å². The van der Waals surface area contributed by atoms with Crippen LogP contribution in [0.4, 0.5) is 13.2 Å². The average molecular weight is 605 g/mol. The summed E-state index contributed by atoms with van der Waals surface area (Å²) in [7, 11) is 0. The molecule has 0 aliphatic heterocycles. The molecule has 0 unspecified atom stereocenters. The Hall–Kier alpha value is -2.80. The summed E-state index contributed by atoms with van der Waals surface area (Å²) >= 11 is 0. The molecule has 4 rings (SSSR count). The van der Waals surface area contributed by atoms with Crippen molar-refractivity contribution in [3.05, 3.63) is 84.2 Å². The van der Waals surface area contributed by atoms with Crippen LogP contribution in [0, 0.1) is 19.6 Å². The minimum Gasteiger partial charge on any atom is -0.418 e. The Morgan fingerprint density at radius 1 is 0.774 bits per heavy atom. The van der Waals surface area contributed by atoms with E-state index in [0.717, 1.165) is 22.2 Å². The topological polar surface area (TPSA) is 61.4 Å². The molecule has 0 aliphatic rings. The van der Waals surface area contributed by atoms with E-state index in [1.54, 1.807) is 16.7 Å². The summed E-state index contributed by atoms with van der Waals surface area (Å²) in [6, 6.07) is 10.8. The fourth-order valence-corrected chi connectivity index (χ4v) is 2.98. The summed E-state index contributed by atoms with van der Waals surface area (Å²) in [5.74, 6) is 0.952. The molecule has 0 aliphatic carbocycles. The molecule has 0 fully saturated rings. The summed E-state index contributed by atoms with van der Waals surface area (Å²) in [6.45, 7) is 5.77. The largest absolute Gasteiger partial charge is 2.00 e. The second-order valence-corrected chi connectivity index (χ2v) is 7.33. The Morgan fingerprint density at radius 3 is 1.74 bits per heavy atom. The van der Waals surface area contributed by atoms with Crippen molar-refractivity contribution >= 4 is 0 Å². The fourth-order valence-electron chi connectivity index (χ4n) is 2.98. The number of halogens is 3. The minimum atomic E-state index is -4.54. The predicted molar refractivity (Wildman–Crippen MR) is 102 cm³/mol. The molecular weight excluding hydrogens is 588 g/mol. The molecule has 0 aromatic carbocycles. The van der Waals surface area contributed by atoms with Gasteiger partial charge in [-0.1, -0.05) is 49.3 Å². The van der Waals surface area contributed by atoms with Crippen molar-refractivity contribution in [2.24, 2.45) is 0 Å². The first-order valence-electron chi connectivity index (χ1n) is 9.08. The van der Waals surface area contributed by atoms with Gasteiger partial charge in [-0.2, -0.15) is 13.2 Å². The molecular formula is C21H17F3N6Pt. The zero-order chi connectivity index (χ0) is 21.5. The molecule has 162 valence electrons. The van der Waals surface area contributed by atoms with Crippen LogP contribution < -0.4 is 0 Å². The minimum absolute atomic E-state index is 0. The van der Waals surface area contributed by atoms with Crippen molar-refractivity contribution in [2.75, 3.05) is 0 Å². The third-order valence-electron chi connectivity index (χ3n) is 4.71. The first-order chi connectivity index (χ1) is 14.1. The molecule has 0 radical (unpaired) electrons. The Morgan fingerprint density at radius 2 is 1.29 bits per heavy atom. The molecule has 31 heavy (non-hydrogen) atoms. The van der Waals surface area contributed by atoms with Crippen LogP contribution in [0.25, 0.3) is 11.6 Å². The van der Waals surface area contributed by atoms with Gasteiger partial charge in [-0.15, -0.1) is 0 Å². The number of aryl methyl sites for hydroxylation is 1. The van der Waals surface area contributed by atoms with Crippen molar-refractivity contribution < 1.29 is 34.2 Å². The van der Waals surface area contributed by atoms with E-state index in [1.807, 2.05) is 51.2 Å². The Labute approximate surface area is 191 Å². The second kappa shape index (κ2) is 8.38. The van der Waals surface area contributed by atoms with E-state index in [-0.39, 0.29) is 21.1 Å². The van der Waals surface area contributed by atoms with E-state index >= 15 is 0 Å². The number of nitrogens with zero attached hydrogens (tertiary/aromatic N) is 6. The van der Waals surface area contributed by atoms with E-state index in [2.05, 4.69) is 27.6 Å². The summed E-state index contributed by atoms with van der Waals surface area (Å²) in [5.41, 5.74) is 0.580. The number of hydrogen-bond donors (Lipinski definition) is 0. The zero-order valence-electron chi connectivity index (χ0n) is 16.8. The molecule has 4 aromatic heterocycles. The molecule has 6 nitrogen and oxygen atoms in total. The summed E-state index contributed by atoms with van der Waals surface area (Å²) < 4.78 is 41.4. The predicted octanol–water partition coefficient (Wildman–Crippen LogP) is 4.10. The standard InChI is InChI=1S/C21H17F3N6.Pt/c1-14-10-29(12-25-14)18-8-4-6-15(27-18)20(2,3)16-7-5-9-19(28-16)30-11-17(26-13-30)21(22,23)24;/h4-11H,1-3H3;/q-2;+2. The smallest absolute Gasteiger partial charge is 0.418 e. The quantitative estimate of drug-likeness (QED) is 0.329. The van der Waals surface area contributed by atoms with Crippen LogP contribution in [-0.4, -0.2) is 29.1 Å². The van der Waals surface area contributed by atoms with Gasteiger partial charge in [0, 0.05) is 35.2 Å². The fraction of sp³-hybridized carbons (Fsp3) is 0.238. The molecule has 0 saturated heterocycles. The summed E-state index contributed by atoms with van der Waals surface area (Å²) in [4.78, 5) is 16.7. The van der Waals surface area contributed by atoms with Crippen LogP contribution >= 0.6 is 0 Å². The van der Waals surface area contributed by atoms with Gasteiger partial charge >= 0.3 is 27.2 Å². The number of alkyl halides is 3. The number of hydrogen-bond acceptors (Lipinski definition) is 4. The van der Waals surface area contributed by atoms with Gasteiger partial charge in [0.1, 0.15) is 0 Å². The first kappa shape index (κ1) is 22.9. The van der Waals surface area contributed by atoms with E-state index in [0.29, 0.717) is 17.3 Å². The SMILES string of the molecule is Cc1cn(-c2cccc(C(C)(C)c3cccc(-n4[c-]nc(C(F)(F)F)c4)n3)n2)[c-]n1.[Pt+2]. The maximum atomic E-state index is 12.9. The number of imidazole rings is 2. The zero-order valence-corrected chi connectivity index (χ0v) is 19.0. The van der Waals surface area contributed by atoms with E-state index in [4.69, 9.17) is 4.98 Å². The van der Waals surface area contributed by atoms with E-state index in [9.17, 15) is 13.2 Å². The van der Waals surface area contributed by atoms with Crippen molar-refractivity contribution in [3.63, 3.8) is 0 Å². The number of aromatic nitrogens is 6. The van der Waals surface area contributed by atoms with Gasteiger partial charge in [0.25, 0.3) is 0 Å². The van der Waals surface area contributed by atoms with E-state index in [1.165, 1.54) is 0 Å². The third-order valence-corrected chi connectivity index (χ3v) is 4.71. The van der Waals surface area contributed by atoms with Crippen molar-refractivity contribution in [1.82, 2.24) is 29.1 Å². The maximum absolute atomic E-state index is 12.9. The Kier molecular flexibility index (Phi) is 6.18.